The van der Waals surface area contributed by atoms with Crippen LogP contribution in [-0.2, 0) is 16.0 Å². The molecule has 0 spiro atoms. The van der Waals surface area contributed by atoms with Gasteiger partial charge in [-0.2, -0.15) is 5.26 Å². The van der Waals surface area contributed by atoms with Crippen LogP contribution in [0.25, 0.3) is 0 Å². The molecule has 1 aliphatic rings. The van der Waals surface area contributed by atoms with E-state index < -0.39 is 0 Å². The predicted octanol–water partition coefficient (Wildman–Crippen LogP) is 2.54. The normalized spacial score (nSPS) is 14.4. The van der Waals surface area contributed by atoms with Crippen LogP contribution in [0.2, 0.25) is 5.02 Å². The summed E-state index contributed by atoms with van der Waals surface area (Å²) in [7, 11) is 0. The standard InChI is InChI=1S/C21H21ClN4O2/c22-18-6-4-16(5-7-18)13-21(28)26-10-8-25(9-11-26)15-20(27)24-19-3-1-2-17(12-19)14-23/h1-7,12H,8-11,13,15H2,(H,24,27). The van der Waals surface area contributed by atoms with Crippen molar-refractivity contribution in [3.8, 4) is 6.07 Å². The number of anilines is 1. The van der Waals surface area contributed by atoms with Crippen molar-refractivity contribution < 1.29 is 9.59 Å². The predicted molar refractivity (Wildman–Crippen MR) is 108 cm³/mol. The maximum atomic E-state index is 12.5. The molecule has 7 heteroatoms. The number of nitriles is 1. The third-order valence-electron chi connectivity index (χ3n) is 4.64. The highest BCUT2D eigenvalue weighted by Crippen LogP contribution is 2.13. The Kier molecular flexibility index (Phi) is 6.64. The number of halogens is 1. The van der Waals surface area contributed by atoms with E-state index >= 15 is 0 Å². The van der Waals surface area contributed by atoms with Crippen molar-refractivity contribution in [2.24, 2.45) is 0 Å². The molecule has 1 saturated heterocycles. The van der Waals surface area contributed by atoms with Crippen LogP contribution in [0.5, 0.6) is 0 Å². The zero-order valence-corrected chi connectivity index (χ0v) is 16.2. The van der Waals surface area contributed by atoms with Crippen molar-refractivity contribution >= 4 is 29.1 Å². The van der Waals surface area contributed by atoms with Crippen molar-refractivity contribution in [3.05, 3.63) is 64.7 Å². The molecule has 1 heterocycles. The summed E-state index contributed by atoms with van der Waals surface area (Å²) in [5.41, 5.74) is 2.06. The number of hydrogen-bond acceptors (Lipinski definition) is 4. The molecular formula is C21H21ClN4O2. The maximum Gasteiger partial charge on any atom is 0.238 e. The number of piperazine rings is 1. The molecule has 28 heavy (non-hydrogen) atoms. The monoisotopic (exact) mass is 396 g/mol. The molecular weight excluding hydrogens is 376 g/mol. The smallest absolute Gasteiger partial charge is 0.238 e. The van der Waals surface area contributed by atoms with Gasteiger partial charge in [0, 0.05) is 36.9 Å². The van der Waals surface area contributed by atoms with Crippen molar-refractivity contribution in [1.29, 1.82) is 5.26 Å². The minimum atomic E-state index is -0.129. The van der Waals surface area contributed by atoms with Crippen LogP contribution in [0, 0.1) is 11.3 Å². The van der Waals surface area contributed by atoms with Crippen molar-refractivity contribution in [1.82, 2.24) is 9.80 Å². The van der Waals surface area contributed by atoms with E-state index in [1.54, 1.807) is 36.4 Å². The third kappa shape index (κ3) is 5.56. The van der Waals surface area contributed by atoms with E-state index in [9.17, 15) is 9.59 Å². The zero-order chi connectivity index (χ0) is 19.9. The largest absolute Gasteiger partial charge is 0.340 e. The van der Waals surface area contributed by atoms with Gasteiger partial charge >= 0.3 is 0 Å². The fraction of sp³-hybridized carbons (Fsp3) is 0.286. The van der Waals surface area contributed by atoms with Crippen LogP contribution in [0.4, 0.5) is 5.69 Å². The molecule has 144 valence electrons. The van der Waals surface area contributed by atoms with Gasteiger partial charge in [-0.25, -0.2) is 0 Å². The Hall–Kier alpha value is -2.88. The van der Waals surface area contributed by atoms with E-state index in [1.807, 2.05) is 21.9 Å². The molecule has 2 aromatic rings. The molecule has 1 fully saturated rings. The van der Waals surface area contributed by atoms with Gasteiger partial charge in [0.15, 0.2) is 0 Å². The number of amides is 2. The first-order valence-corrected chi connectivity index (χ1v) is 9.46. The summed E-state index contributed by atoms with van der Waals surface area (Å²) >= 11 is 5.87. The topological polar surface area (TPSA) is 76.4 Å². The Bertz CT molecular complexity index is 884. The lowest BCUT2D eigenvalue weighted by Gasteiger charge is -2.34. The third-order valence-corrected chi connectivity index (χ3v) is 4.89. The highest BCUT2D eigenvalue weighted by Gasteiger charge is 2.22. The van der Waals surface area contributed by atoms with Crippen molar-refractivity contribution in [2.45, 2.75) is 6.42 Å². The molecule has 2 amide bonds. The summed E-state index contributed by atoms with van der Waals surface area (Å²) in [6.07, 6.45) is 0.354. The van der Waals surface area contributed by atoms with E-state index in [0.29, 0.717) is 48.9 Å². The first-order valence-electron chi connectivity index (χ1n) is 9.08. The van der Waals surface area contributed by atoms with Gasteiger partial charge < -0.3 is 10.2 Å². The van der Waals surface area contributed by atoms with E-state index in [0.717, 1.165) is 5.56 Å². The summed E-state index contributed by atoms with van der Waals surface area (Å²) in [5, 5.41) is 12.4. The van der Waals surface area contributed by atoms with Gasteiger partial charge in [-0.15, -0.1) is 0 Å². The fourth-order valence-corrected chi connectivity index (χ4v) is 3.24. The van der Waals surface area contributed by atoms with Gasteiger partial charge in [0.2, 0.25) is 11.8 Å². The molecule has 0 atom stereocenters. The molecule has 0 bridgehead atoms. The lowest BCUT2D eigenvalue weighted by molar-refractivity contribution is -0.132. The summed E-state index contributed by atoms with van der Waals surface area (Å²) in [4.78, 5) is 28.5. The van der Waals surface area contributed by atoms with Gasteiger partial charge in [-0.05, 0) is 35.9 Å². The minimum Gasteiger partial charge on any atom is -0.340 e. The number of hydrogen-bond donors (Lipinski definition) is 1. The van der Waals surface area contributed by atoms with Gasteiger partial charge in [0.1, 0.15) is 0 Å². The number of nitrogens with one attached hydrogen (secondary N) is 1. The average molecular weight is 397 g/mol. The van der Waals surface area contributed by atoms with Gasteiger partial charge in [0.05, 0.1) is 24.6 Å². The first-order chi connectivity index (χ1) is 13.5. The number of carbonyl (C=O) groups is 2. The Morgan fingerprint density at radius 2 is 1.79 bits per heavy atom. The van der Waals surface area contributed by atoms with Crippen molar-refractivity contribution in [2.75, 3.05) is 38.0 Å². The van der Waals surface area contributed by atoms with E-state index in [1.165, 1.54) is 0 Å². The average Bonchev–Trinajstić information content (AvgIpc) is 2.70. The SMILES string of the molecule is N#Cc1cccc(NC(=O)CN2CCN(C(=O)Cc3ccc(Cl)cc3)CC2)c1. The molecule has 0 aromatic heterocycles. The zero-order valence-electron chi connectivity index (χ0n) is 15.4. The highest BCUT2D eigenvalue weighted by atomic mass is 35.5. The number of nitrogens with zero attached hydrogens (tertiary/aromatic N) is 3. The second kappa shape index (κ2) is 9.36. The molecule has 1 aliphatic heterocycles. The van der Waals surface area contributed by atoms with Crippen LogP contribution in [0.3, 0.4) is 0 Å². The van der Waals surface area contributed by atoms with Crippen molar-refractivity contribution in [3.63, 3.8) is 0 Å². The van der Waals surface area contributed by atoms with Crippen LogP contribution >= 0.6 is 11.6 Å². The van der Waals surface area contributed by atoms with E-state index in [4.69, 9.17) is 16.9 Å². The summed E-state index contributed by atoms with van der Waals surface area (Å²) in [6.45, 7) is 2.76. The highest BCUT2D eigenvalue weighted by molar-refractivity contribution is 6.30. The number of benzene rings is 2. The minimum absolute atomic E-state index is 0.0831. The maximum absolute atomic E-state index is 12.5. The van der Waals surface area contributed by atoms with Gasteiger partial charge in [0.25, 0.3) is 0 Å². The van der Waals surface area contributed by atoms with Crippen LogP contribution in [0.1, 0.15) is 11.1 Å². The molecule has 0 unspecified atom stereocenters. The molecule has 0 saturated carbocycles. The second-order valence-corrected chi connectivity index (χ2v) is 7.14. The lowest BCUT2D eigenvalue weighted by atomic mass is 10.1. The molecule has 6 nitrogen and oxygen atoms in total. The van der Waals surface area contributed by atoms with Crippen LogP contribution in [0.15, 0.2) is 48.5 Å². The Balaban J connectivity index is 1.44. The summed E-state index contributed by atoms with van der Waals surface area (Å²) in [6, 6.07) is 16.2. The second-order valence-electron chi connectivity index (χ2n) is 6.70. The molecule has 3 rings (SSSR count). The summed E-state index contributed by atoms with van der Waals surface area (Å²) < 4.78 is 0. The Morgan fingerprint density at radius 3 is 2.46 bits per heavy atom. The number of rotatable bonds is 5. The molecule has 2 aromatic carbocycles. The summed E-state index contributed by atoms with van der Waals surface area (Å²) in [5.74, 6) is -0.0456. The number of carbonyl (C=O) groups excluding carboxylic acids is 2. The van der Waals surface area contributed by atoms with E-state index in [-0.39, 0.29) is 18.4 Å². The van der Waals surface area contributed by atoms with E-state index in [2.05, 4.69) is 11.4 Å². The Morgan fingerprint density at radius 1 is 1.07 bits per heavy atom. The molecule has 0 aliphatic carbocycles. The first kappa shape index (κ1) is 19.9. The van der Waals surface area contributed by atoms with Gasteiger partial charge in [-0.3, -0.25) is 14.5 Å². The Labute approximate surface area is 169 Å². The molecule has 0 radical (unpaired) electrons. The molecule has 1 N–H and O–H groups in total. The lowest BCUT2D eigenvalue weighted by Crippen LogP contribution is -2.50. The quantitative estimate of drug-likeness (QED) is 0.842. The van der Waals surface area contributed by atoms with Gasteiger partial charge in [-0.1, -0.05) is 29.8 Å². The van der Waals surface area contributed by atoms with Crippen LogP contribution in [-0.4, -0.2) is 54.3 Å². The van der Waals surface area contributed by atoms with Crippen LogP contribution < -0.4 is 5.32 Å². The fourth-order valence-electron chi connectivity index (χ4n) is 3.11.